The van der Waals surface area contributed by atoms with E-state index in [9.17, 15) is 15.0 Å². The van der Waals surface area contributed by atoms with E-state index in [0.717, 1.165) is 11.1 Å². The van der Waals surface area contributed by atoms with E-state index < -0.39 is 5.63 Å². The second kappa shape index (κ2) is 4.98. The number of aromatic hydroxyl groups is 2. The number of fused-ring (bicyclic) bond motifs is 1. The molecule has 1 aromatic heterocycles. The third kappa shape index (κ3) is 2.36. The number of aryl methyl sites for hydroxylation is 1. The predicted molar refractivity (Wildman–Crippen MR) is 79.8 cm³/mol. The maximum Gasteiger partial charge on any atom is 0.340 e. The highest BCUT2D eigenvalue weighted by Crippen LogP contribution is 2.32. The Hall–Kier alpha value is -2.75. The van der Waals surface area contributed by atoms with Gasteiger partial charge in [-0.25, -0.2) is 4.79 Å². The number of phenols is 2. The van der Waals surface area contributed by atoms with Crippen LogP contribution in [0.15, 0.2) is 51.7 Å². The van der Waals surface area contributed by atoms with Crippen LogP contribution in [-0.2, 0) is 6.42 Å². The van der Waals surface area contributed by atoms with Gasteiger partial charge in [-0.2, -0.15) is 0 Å². The van der Waals surface area contributed by atoms with Crippen molar-refractivity contribution < 1.29 is 14.6 Å². The standard InChI is InChI=1S/C17H14O4/c1-10-12-8-14(18)15(19)9-16(12)21-17(20)13(10)7-11-5-3-2-4-6-11/h2-6,8-9,18-19H,7H2,1H3. The molecule has 0 aliphatic carbocycles. The summed E-state index contributed by atoms with van der Waals surface area (Å²) in [5.41, 5.74) is 2.16. The summed E-state index contributed by atoms with van der Waals surface area (Å²) in [6, 6.07) is 12.3. The lowest BCUT2D eigenvalue weighted by Crippen LogP contribution is -2.10. The maximum absolute atomic E-state index is 12.1. The summed E-state index contributed by atoms with van der Waals surface area (Å²) in [4.78, 5) is 12.1. The Kier molecular flexibility index (Phi) is 3.14. The molecule has 0 atom stereocenters. The number of rotatable bonds is 2. The molecule has 0 spiro atoms. The van der Waals surface area contributed by atoms with Gasteiger partial charge < -0.3 is 14.6 Å². The summed E-state index contributed by atoms with van der Waals surface area (Å²) in [5, 5.41) is 19.7. The molecule has 0 amide bonds. The van der Waals surface area contributed by atoms with Gasteiger partial charge in [0.25, 0.3) is 0 Å². The monoisotopic (exact) mass is 282 g/mol. The van der Waals surface area contributed by atoms with E-state index in [-0.39, 0.29) is 17.1 Å². The predicted octanol–water partition coefficient (Wildman–Crippen LogP) is 3.10. The van der Waals surface area contributed by atoms with Crippen molar-refractivity contribution in [2.45, 2.75) is 13.3 Å². The van der Waals surface area contributed by atoms with Gasteiger partial charge in [0.05, 0.1) is 0 Å². The van der Waals surface area contributed by atoms with Gasteiger partial charge in [-0.15, -0.1) is 0 Å². The minimum absolute atomic E-state index is 0.231. The van der Waals surface area contributed by atoms with Gasteiger partial charge >= 0.3 is 5.63 Å². The van der Waals surface area contributed by atoms with Gasteiger partial charge in [0.1, 0.15) is 5.58 Å². The normalized spacial score (nSPS) is 10.9. The molecule has 0 bridgehead atoms. The first kappa shape index (κ1) is 13.2. The zero-order valence-electron chi connectivity index (χ0n) is 11.5. The van der Waals surface area contributed by atoms with Gasteiger partial charge in [0, 0.05) is 23.4 Å². The number of phenolic OH excluding ortho intramolecular Hbond substituents is 2. The summed E-state index contributed by atoms with van der Waals surface area (Å²) >= 11 is 0. The lowest BCUT2D eigenvalue weighted by atomic mass is 9.99. The van der Waals surface area contributed by atoms with E-state index in [1.165, 1.54) is 12.1 Å². The molecule has 0 fully saturated rings. The molecule has 0 aliphatic rings. The molecule has 1 heterocycles. The van der Waals surface area contributed by atoms with E-state index in [0.29, 0.717) is 17.4 Å². The van der Waals surface area contributed by atoms with Gasteiger partial charge in [0.15, 0.2) is 11.5 Å². The minimum atomic E-state index is -0.422. The Morgan fingerprint density at radius 3 is 2.43 bits per heavy atom. The molecule has 2 N–H and O–H groups in total. The van der Waals surface area contributed by atoms with Crippen LogP contribution in [0.5, 0.6) is 11.5 Å². The first-order chi connectivity index (χ1) is 10.1. The molecular formula is C17H14O4. The van der Waals surface area contributed by atoms with Crippen molar-refractivity contribution in [1.29, 1.82) is 0 Å². The van der Waals surface area contributed by atoms with Gasteiger partial charge in [-0.1, -0.05) is 30.3 Å². The smallest absolute Gasteiger partial charge is 0.340 e. The quantitative estimate of drug-likeness (QED) is 0.559. The summed E-state index contributed by atoms with van der Waals surface area (Å²) in [6.45, 7) is 1.81. The summed E-state index contributed by atoms with van der Waals surface area (Å²) in [7, 11) is 0. The Morgan fingerprint density at radius 1 is 1.05 bits per heavy atom. The topological polar surface area (TPSA) is 70.7 Å². The molecule has 3 aromatic rings. The Bertz CT molecular complexity index is 863. The second-order valence-electron chi connectivity index (χ2n) is 4.99. The molecule has 2 aromatic carbocycles. The highest BCUT2D eigenvalue weighted by Gasteiger charge is 2.14. The summed E-state index contributed by atoms with van der Waals surface area (Å²) < 4.78 is 5.25. The van der Waals surface area contributed by atoms with E-state index >= 15 is 0 Å². The average Bonchev–Trinajstić information content (AvgIpc) is 2.47. The minimum Gasteiger partial charge on any atom is -0.504 e. The molecule has 21 heavy (non-hydrogen) atoms. The maximum atomic E-state index is 12.1. The molecule has 0 radical (unpaired) electrons. The summed E-state index contributed by atoms with van der Waals surface area (Å²) in [5.74, 6) is -0.536. The molecule has 0 saturated carbocycles. The van der Waals surface area contributed by atoms with Crippen LogP contribution >= 0.6 is 0 Å². The second-order valence-corrected chi connectivity index (χ2v) is 4.99. The molecule has 4 heteroatoms. The van der Waals surface area contributed by atoms with E-state index in [4.69, 9.17) is 4.42 Å². The lowest BCUT2D eigenvalue weighted by Gasteiger charge is -2.09. The van der Waals surface area contributed by atoms with E-state index in [2.05, 4.69) is 0 Å². The fourth-order valence-corrected chi connectivity index (χ4v) is 2.42. The first-order valence-corrected chi connectivity index (χ1v) is 6.58. The Morgan fingerprint density at radius 2 is 1.71 bits per heavy atom. The SMILES string of the molecule is Cc1c(Cc2ccccc2)c(=O)oc2cc(O)c(O)cc12. The van der Waals surface area contributed by atoms with Gasteiger partial charge in [0.2, 0.25) is 0 Å². The molecule has 3 rings (SSSR count). The van der Waals surface area contributed by atoms with Crippen LogP contribution in [-0.4, -0.2) is 10.2 Å². The van der Waals surface area contributed by atoms with Crippen LogP contribution in [0.4, 0.5) is 0 Å². The average molecular weight is 282 g/mol. The van der Waals surface area contributed by atoms with Crippen LogP contribution in [0.2, 0.25) is 0 Å². The number of benzene rings is 2. The fourth-order valence-electron chi connectivity index (χ4n) is 2.42. The molecule has 106 valence electrons. The van der Waals surface area contributed by atoms with Crippen LogP contribution in [0.25, 0.3) is 11.0 Å². The molecular weight excluding hydrogens is 268 g/mol. The van der Waals surface area contributed by atoms with E-state index in [1.807, 2.05) is 37.3 Å². The van der Waals surface area contributed by atoms with Crippen molar-refractivity contribution in [3.8, 4) is 11.5 Å². The Balaban J connectivity index is 2.20. The Labute approximate surface area is 120 Å². The zero-order chi connectivity index (χ0) is 15.0. The van der Waals surface area contributed by atoms with Crippen molar-refractivity contribution in [3.05, 3.63) is 69.6 Å². The molecule has 0 saturated heterocycles. The van der Waals surface area contributed by atoms with Crippen LogP contribution in [0, 0.1) is 6.92 Å². The van der Waals surface area contributed by atoms with Gasteiger partial charge in [-0.05, 0) is 24.1 Å². The van der Waals surface area contributed by atoms with Gasteiger partial charge in [-0.3, -0.25) is 0 Å². The molecule has 0 unspecified atom stereocenters. The third-order valence-electron chi connectivity index (χ3n) is 3.61. The summed E-state index contributed by atoms with van der Waals surface area (Å²) in [6.07, 6.45) is 0.465. The first-order valence-electron chi connectivity index (χ1n) is 6.58. The highest BCUT2D eigenvalue weighted by atomic mass is 16.4. The number of hydrogen-bond acceptors (Lipinski definition) is 4. The van der Waals surface area contributed by atoms with Crippen LogP contribution < -0.4 is 5.63 Å². The molecule has 4 nitrogen and oxygen atoms in total. The van der Waals surface area contributed by atoms with Crippen molar-refractivity contribution in [1.82, 2.24) is 0 Å². The third-order valence-corrected chi connectivity index (χ3v) is 3.61. The molecule has 0 aliphatic heterocycles. The highest BCUT2D eigenvalue weighted by molar-refractivity contribution is 5.84. The fraction of sp³-hybridized carbons (Fsp3) is 0.118. The largest absolute Gasteiger partial charge is 0.504 e. The van der Waals surface area contributed by atoms with Crippen molar-refractivity contribution in [2.24, 2.45) is 0 Å². The van der Waals surface area contributed by atoms with Crippen molar-refractivity contribution in [3.63, 3.8) is 0 Å². The van der Waals surface area contributed by atoms with Crippen LogP contribution in [0.3, 0.4) is 0 Å². The lowest BCUT2D eigenvalue weighted by molar-refractivity contribution is 0.403. The van der Waals surface area contributed by atoms with Crippen LogP contribution in [0.1, 0.15) is 16.7 Å². The zero-order valence-corrected chi connectivity index (χ0v) is 11.5. The van der Waals surface area contributed by atoms with Crippen molar-refractivity contribution >= 4 is 11.0 Å². The van der Waals surface area contributed by atoms with Crippen molar-refractivity contribution in [2.75, 3.05) is 0 Å². The van der Waals surface area contributed by atoms with E-state index in [1.54, 1.807) is 0 Å². The number of hydrogen-bond donors (Lipinski definition) is 2.